The van der Waals surface area contributed by atoms with Gasteiger partial charge >= 0.3 is 0 Å². The van der Waals surface area contributed by atoms with Gasteiger partial charge in [-0.2, -0.15) is 0 Å². The highest BCUT2D eigenvalue weighted by atomic mass is 16.3. The Morgan fingerprint density at radius 1 is 1.07 bits per heavy atom. The average molecular weight is 394 g/mol. The molecule has 1 aliphatic carbocycles. The van der Waals surface area contributed by atoms with Crippen LogP contribution in [0.1, 0.15) is 30.4 Å². The van der Waals surface area contributed by atoms with Crippen LogP contribution in [0.15, 0.2) is 54.6 Å². The number of rotatable bonds is 5. The highest BCUT2D eigenvalue weighted by Crippen LogP contribution is 2.33. The summed E-state index contributed by atoms with van der Waals surface area (Å²) >= 11 is 0. The maximum atomic E-state index is 12.7. The van der Waals surface area contributed by atoms with E-state index >= 15 is 0 Å². The summed E-state index contributed by atoms with van der Waals surface area (Å²) in [6, 6.07) is 16.4. The molecule has 4 rings (SSSR count). The molecule has 1 saturated heterocycles. The molecule has 6 nitrogen and oxygen atoms in total. The third-order valence-electron chi connectivity index (χ3n) is 5.86. The number of benzene rings is 2. The first-order valence-corrected chi connectivity index (χ1v) is 10.1. The van der Waals surface area contributed by atoms with E-state index in [1.54, 1.807) is 17.0 Å². The minimum Gasteiger partial charge on any atom is -0.388 e. The number of aliphatic hydroxyl groups excluding tert-OH is 1. The Balaban J connectivity index is 1.34. The lowest BCUT2D eigenvalue weighted by atomic mass is 9.82. The summed E-state index contributed by atoms with van der Waals surface area (Å²) in [6.45, 7) is 0.483. The van der Waals surface area contributed by atoms with Gasteiger partial charge in [-0.15, -0.1) is 0 Å². The molecule has 1 saturated carbocycles. The minimum absolute atomic E-state index is 0.0574. The van der Waals surface area contributed by atoms with Crippen molar-refractivity contribution < 1.29 is 19.8 Å². The van der Waals surface area contributed by atoms with Gasteiger partial charge in [0.2, 0.25) is 11.8 Å². The monoisotopic (exact) mass is 394 g/mol. The molecule has 2 aliphatic rings. The quantitative estimate of drug-likeness (QED) is 0.724. The Morgan fingerprint density at radius 3 is 2.38 bits per heavy atom. The predicted molar refractivity (Wildman–Crippen MR) is 109 cm³/mol. The Labute approximate surface area is 170 Å². The van der Waals surface area contributed by atoms with Gasteiger partial charge in [0.1, 0.15) is 11.7 Å². The molecule has 0 radical (unpaired) electrons. The number of likely N-dealkylation sites (tertiary alicyclic amines) is 1. The Bertz CT molecular complexity index is 880. The molecule has 3 N–H and O–H groups in total. The molecule has 2 aromatic carbocycles. The van der Waals surface area contributed by atoms with E-state index in [2.05, 4.69) is 5.32 Å². The van der Waals surface area contributed by atoms with Crippen molar-refractivity contribution in [3.05, 3.63) is 65.7 Å². The van der Waals surface area contributed by atoms with Gasteiger partial charge in [-0.1, -0.05) is 42.5 Å². The fourth-order valence-corrected chi connectivity index (χ4v) is 3.80. The van der Waals surface area contributed by atoms with Crippen molar-refractivity contribution in [2.24, 2.45) is 5.92 Å². The third-order valence-corrected chi connectivity index (χ3v) is 5.86. The molecule has 2 aromatic rings. The van der Waals surface area contributed by atoms with E-state index < -0.39 is 11.7 Å². The lowest BCUT2D eigenvalue weighted by molar-refractivity contribution is -0.151. The summed E-state index contributed by atoms with van der Waals surface area (Å²) in [6.07, 6.45) is 1.38. The van der Waals surface area contributed by atoms with Gasteiger partial charge in [-0.3, -0.25) is 9.59 Å². The molecule has 1 heterocycles. The lowest BCUT2D eigenvalue weighted by Crippen LogP contribution is -2.55. The molecule has 0 unspecified atom stereocenters. The highest BCUT2D eigenvalue weighted by Gasteiger charge is 2.43. The zero-order chi connectivity index (χ0) is 20.4. The number of carbonyl (C=O) groups excluding carboxylic acids is 2. The number of nitrogens with one attached hydrogen (secondary N) is 1. The Kier molecular flexibility index (Phi) is 5.39. The first kappa shape index (κ1) is 19.6. The van der Waals surface area contributed by atoms with Gasteiger partial charge in [-0.05, 0) is 36.1 Å². The summed E-state index contributed by atoms with van der Waals surface area (Å²) in [5, 5.41) is 24.4. The van der Waals surface area contributed by atoms with Crippen molar-refractivity contribution in [2.75, 3.05) is 18.4 Å². The fourth-order valence-electron chi connectivity index (χ4n) is 3.80. The van der Waals surface area contributed by atoms with Gasteiger partial charge in [0.25, 0.3) is 0 Å². The second kappa shape index (κ2) is 7.97. The molecule has 2 atom stereocenters. The molecule has 0 bridgehead atoms. The predicted octanol–water partition coefficient (Wildman–Crippen LogP) is 2.06. The van der Waals surface area contributed by atoms with Crippen molar-refractivity contribution in [3.63, 3.8) is 0 Å². The smallest absolute Gasteiger partial charge is 0.227 e. The van der Waals surface area contributed by atoms with E-state index in [9.17, 15) is 19.8 Å². The van der Waals surface area contributed by atoms with Gasteiger partial charge in [0.05, 0.1) is 6.42 Å². The first-order valence-electron chi connectivity index (χ1n) is 10.1. The number of hydrogen-bond donors (Lipinski definition) is 3. The topological polar surface area (TPSA) is 89.9 Å². The van der Waals surface area contributed by atoms with Crippen LogP contribution in [0.2, 0.25) is 0 Å². The van der Waals surface area contributed by atoms with Gasteiger partial charge in [0, 0.05) is 31.1 Å². The number of carbonyl (C=O) groups is 2. The Morgan fingerprint density at radius 2 is 1.76 bits per heavy atom. The molecule has 152 valence electrons. The molecule has 29 heavy (non-hydrogen) atoms. The Hall–Kier alpha value is -2.70. The van der Waals surface area contributed by atoms with Gasteiger partial charge in [0.15, 0.2) is 0 Å². The van der Waals surface area contributed by atoms with Crippen molar-refractivity contribution >= 4 is 17.5 Å². The molecule has 0 aromatic heterocycles. The first-order chi connectivity index (χ1) is 14.0. The van der Waals surface area contributed by atoms with Crippen molar-refractivity contribution in [2.45, 2.75) is 37.4 Å². The molecular formula is C23H26N2O4. The number of piperidine rings is 1. The number of hydrogen-bond acceptors (Lipinski definition) is 4. The zero-order valence-corrected chi connectivity index (χ0v) is 16.3. The van der Waals surface area contributed by atoms with Crippen molar-refractivity contribution in [1.82, 2.24) is 4.90 Å². The van der Waals surface area contributed by atoms with Crippen LogP contribution in [0, 0.1) is 5.92 Å². The largest absolute Gasteiger partial charge is 0.388 e. The van der Waals surface area contributed by atoms with E-state index in [1.165, 1.54) is 0 Å². The fraction of sp³-hybridized carbons (Fsp3) is 0.391. The van der Waals surface area contributed by atoms with Crippen molar-refractivity contribution in [1.29, 1.82) is 0 Å². The van der Waals surface area contributed by atoms with Gasteiger partial charge in [-0.25, -0.2) is 0 Å². The highest BCUT2D eigenvalue weighted by molar-refractivity contribution is 5.94. The van der Waals surface area contributed by atoms with Crippen LogP contribution in [0.25, 0.3) is 0 Å². The third kappa shape index (κ3) is 4.33. The van der Waals surface area contributed by atoms with E-state index in [0.717, 1.165) is 24.1 Å². The normalized spacial score (nSPS) is 24.2. The van der Waals surface area contributed by atoms with E-state index in [-0.39, 0.29) is 37.1 Å². The molecule has 6 heteroatoms. The molecule has 2 fully saturated rings. The summed E-state index contributed by atoms with van der Waals surface area (Å²) in [5.41, 5.74) is 0.917. The number of aliphatic hydroxyl groups is 2. The molecule has 2 amide bonds. The van der Waals surface area contributed by atoms with E-state index in [4.69, 9.17) is 0 Å². The van der Waals surface area contributed by atoms with Crippen LogP contribution < -0.4 is 5.32 Å². The summed E-state index contributed by atoms with van der Waals surface area (Å²) in [7, 11) is 0. The minimum atomic E-state index is -1.33. The van der Waals surface area contributed by atoms with Crippen LogP contribution in [0.3, 0.4) is 0 Å². The number of β-amino-alcohol motifs (C(OH)–C–C–N with tert-alkyl or cyclic N) is 1. The van der Waals surface area contributed by atoms with Crippen molar-refractivity contribution in [3.8, 4) is 0 Å². The average Bonchev–Trinajstić information content (AvgIpc) is 3.57. The SMILES string of the molecule is O=C(Nc1ccc(CC(=O)N2CC[C@](O)(c3ccccc3)[C@@H](O)C2)cc1)C1CC1. The van der Waals surface area contributed by atoms with Crippen LogP contribution in [-0.4, -0.2) is 46.1 Å². The van der Waals surface area contributed by atoms with Crippen LogP contribution in [0.5, 0.6) is 0 Å². The van der Waals surface area contributed by atoms with E-state index in [1.807, 2.05) is 42.5 Å². The number of nitrogens with zero attached hydrogens (tertiary/aromatic N) is 1. The maximum Gasteiger partial charge on any atom is 0.227 e. The molecule has 1 aliphatic heterocycles. The van der Waals surface area contributed by atoms with Crippen LogP contribution in [0.4, 0.5) is 5.69 Å². The summed E-state index contributed by atoms with van der Waals surface area (Å²) in [4.78, 5) is 26.1. The van der Waals surface area contributed by atoms with Crippen LogP contribution in [-0.2, 0) is 21.6 Å². The molecular weight excluding hydrogens is 368 g/mol. The number of amides is 2. The van der Waals surface area contributed by atoms with Gasteiger partial charge < -0.3 is 20.4 Å². The lowest BCUT2D eigenvalue weighted by Gasteiger charge is -2.42. The molecule has 0 spiro atoms. The van der Waals surface area contributed by atoms with E-state index in [0.29, 0.717) is 12.1 Å². The summed E-state index contributed by atoms with van der Waals surface area (Å²) < 4.78 is 0. The summed E-state index contributed by atoms with van der Waals surface area (Å²) in [5.74, 6) is 0.118. The second-order valence-corrected chi connectivity index (χ2v) is 8.03. The standard InChI is InChI=1S/C23H26N2O4/c26-20-15-25(13-12-23(20,29)18-4-2-1-3-5-18)21(27)14-16-6-10-19(11-7-16)24-22(28)17-8-9-17/h1-7,10-11,17,20,26,29H,8-9,12-15H2,(H,24,28)/t20-,23-/m0/s1. The maximum absolute atomic E-state index is 12.7. The number of anilines is 1. The van der Waals surface area contributed by atoms with Crippen LogP contribution >= 0.6 is 0 Å². The second-order valence-electron chi connectivity index (χ2n) is 8.03. The zero-order valence-electron chi connectivity index (χ0n) is 16.3.